The number of pyridine rings is 1. The van der Waals surface area contributed by atoms with E-state index < -0.39 is 0 Å². The van der Waals surface area contributed by atoms with Crippen molar-refractivity contribution in [1.29, 1.82) is 0 Å². The van der Waals surface area contributed by atoms with Gasteiger partial charge in [-0.2, -0.15) is 5.10 Å². The van der Waals surface area contributed by atoms with Crippen molar-refractivity contribution in [2.45, 2.75) is 18.9 Å². The summed E-state index contributed by atoms with van der Waals surface area (Å²) in [6.45, 7) is 0. The van der Waals surface area contributed by atoms with Crippen molar-refractivity contribution in [3.63, 3.8) is 0 Å². The lowest BCUT2D eigenvalue weighted by Crippen LogP contribution is -2.30. The molecule has 17 heavy (non-hydrogen) atoms. The molecule has 2 heterocycles. The fourth-order valence-electron chi connectivity index (χ4n) is 1.87. The number of nitrogens with one attached hydrogen (secondary N) is 1. The molecule has 0 aliphatic heterocycles. The lowest BCUT2D eigenvalue weighted by atomic mass is 10.1. The number of aromatic nitrogens is 3. The van der Waals surface area contributed by atoms with Crippen molar-refractivity contribution in [2.75, 3.05) is 7.05 Å². The van der Waals surface area contributed by atoms with E-state index in [4.69, 9.17) is 0 Å². The SMILES string of the molecule is CNC(Cc1ccccn1)Cc1ccn(C)n1. The second-order valence-electron chi connectivity index (χ2n) is 4.20. The Morgan fingerprint density at radius 3 is 2.65 bits per heavy atom. The zero-order valence-corrected chi connectivity index (χ0v) is 10.3. The Labute approximate surface area is 102 Å². The normalized spacial score (nSPS) is 12.6. The molecule has 0 radical (unpaired) electrons. The van der Waals surface area contributed by atoms with Gasteiger partial charge in [0.2, 0.25) is 0 Å². The zero-order chi connectivity index (χ0) is 12.1. The van der Waals surface area contributed by atoms with Gasteiger partial charge in [0.1, 0.15) is 0 Å². The Morgan fingerprint density at radius 1 is 1.24 bits per heavy atom. The van der Waals surface area contributed by atoms with Crippen molar-refractivity contribution < 1.29 is 0 Å². The molecule has 0 amide bonds. The van der Waals surface area contributed by atoms with Crippen LogP contribution in [0.2, 0.25) is 0 Å². The summed E-state index contributed by atoms with van der Waals surface area (Å²) in [6, 6.07) is 8.46. The maximum atomic E-state index is 4.40. The van der Waals surface area contributed by atoms with Crippen molar-refractivity contribution in [3.05, 3.63) is 48.0 Å². The van der Waals surface area contributed by atoms with E-state index in [0.717, 1.165) is 24.2 Å². The van der Waals surface area contributed by atoms with Gasteiger partial charge in [-0.3, -0.25) is 9.67 Å². The highest BCUT2D eigenvalue weighted by atomic mass is 15.2. The molecular weight excluding hydrogens is 212 g/mol. The molecule has 0 aromatic carbocycles. The van der Waals surface area contributed by atoms with Crippen LogP contribution in [0.1, 0.15) is 11.4 Å². The Morgan fingerprint density at radius 2 is 2.06 bits per heavy atom. The topological polar surface area (TPSA) is 42.7 Å². The third-order valence-corrected chi connectivity index (χ3v) is 2.81. The van der Waals surface area contributed by atoms with E-state index >= 15 is 0 Å². The van der Waals surface area contributed by atoms with E-state index in [0.29, 0.717) is 6.04 Å². The number of likely N-dealkylation sites (N-methyl/N-ethyl adjacent to an activating group) is 1. The highest BCUT2D eigenvalue weighted by molar-refractivity contribution is 5.08. The Hall–Kier alpha value is -1.68. The summed E-state index contributed by atoms with van der Waals surface area (Å²) in [5, 5.41) is 7.72. The Balaban J connectivity index is 1.98. The third-order valence-electron chi connectivity index (χ3n) is 2.81. The summed E-state index contributed by atoms with van der Waals surface area (Å²) in [6.07, 6.45) is 5.66. The summed E-state index contributed by atoms with van der Waals surface area (Å²) in [7, 11) is 3.92. The number of aryl methyl sites for hydroxylation is 1. The lowest BCUT2D eigenvalue weighted by Gasteiger charge is -2.14. The van der Waals surface area contributed by atoms with E-state index in [9.17, 15) is 0 Å². The van der Waals surface area contributed by atoms with E-state index in [1.807, 2.05) is 43.3 Å². The Bertz CT molecular complexity index is 449. The van der Waals surface area contributed by atoms with E-state index in [1.54, 1.807) is 0 Å². The minimum Gasteiger partial charge on any atom is -0.316 e. The van der Waals surface area contributed by atoms with Gasteiger partial charge in [-0.25, -0.2) is 0 Å². The van der Waals surface area contributed by atoms with Crippen LogP contribution in [0.3, 0.4) is 0 Å². The van der Waals surface area contributed by atoms with Crippen LogP contribution in [0.15, 0.2) is 36.7 Å². The van der Waals surface area contributed by atoms with Crippen LogP contribution in [-0.2, 0) is 19.9 Å². The first-order valence-corrected chi connectivity index (χ1v) is 5.83. The van der Waals surface area contributed by atoms with Gasteiger partial charge in [0.25, 0.3) is 0 Å². The third kappa shape index (κ3) is 3.39. The molecule has 0 bridgehead atoms. The minimum absolute atomic E-state index is 0.375. The van der Waals surface area contributed by atoms with Crippen molar-refractivity contribution in [3.8, 4) is 0 Å². The molecule has 4 nitrogen and oxygen atoms in total. The summed E-state index contributed by atoms with van der Waals surface area (Å²) >= 11 is 0. The molecule has 0 aliphatic rings. The van der Waals surface area contributed by atoms with Crippen LogP contribution in [0.4, 0.5) is 0 Å². The predicted octanol–water partition coefficient (Wildman–Crippen LogP) is 1.19. The fraction of sp³-hybridized carbons (Fsp3) is 0.385. The second kappa shape index (κ2) is 5.59. The van der Waals surface area contributed by atoms with Gasteiger partial charge >= 0.3 is 0 Å². The van der Waals surface area contributed by atoms with Crippen LogP contribution in [-0.4, -0.2) is 27.9 Å². The van der Waals surface area contributed by atoms with E-state index in [1.165, 1.54) is 0 Å². The summed E-state index contributed by atoms with van der Waals surface area (Å²) < 4.78 is 1.84. The van der Waals surface area contributed by atoms with Crippen molar-refractivity contribution in [2.24, 2.45) is 7.05 Å². The molecule has 0 aliphatic carbocycles. The smallest absolute Gasteiger partial charge is 0.0640 e. The van der Waals surface area contributed by atoms with Crippen LogP contribution in [0, 0.1) is 0 Å². The van der Waals surface area contributed by atoms with Crippen LogP contribution < -0.4 is 5.32 Å². The quantitative estimate of drug-likeness (QED) is 0.839. The number of hydrogen-bond donors (Lipinski definition) is 1. The van der Waals surface area contributed by atoms with E-state index in [2.05, 4.69) is 27.5 Å². The van der Waals surface area contributed by atoms with Gasteiger partial charge in [-0.1, -0.05) is 6.07 Å². The average molecular weight is 230 g/mol. The Kier molecular flexibility index (Phi) is 3.88. The molecule has 2 rings (SSSR count). The van der Waals surface area contributed by atoms with Gasteiger partial charge in [0.15, 0.2) is 0 Å². The number of hydrogen-bond acceptors (Lipinski definition) is 3. The van der Waals surface area contributed by atoms with Gasteiger partial charge in [-0.05, 0) is 25.2 Å². The maximum absolute atomic E-state index is 4.40. The first kappa shape index (κ1) is 11.8. The molecule has 1 N–H and O–H groups in total. The van der Waals surface area contributed by atoms with Crippen LogP contribution in [0.25, 0.3) is 0 Å². The van der Waals surface area contributed by atoms with Gasteiger partial charge in [0, 0.05) is 44.0 Å². The monoisotopic (exact) mass is 230 g/mol. The standard InChI is InChI=1S/C13H18N4/c1-14-13(9-11-5-3-4-7-15-11)10-12-6-8-17(2)16-12/h3-8,13-14H,9-10H2,1-2H3. The highest BCUT2D eigenvalue weighted by Crippen LogP contribution is 2.05. The molecule has 0 saturated heterocycles. The highest BCUT2D eigenvalue weighted by Gasteiger charge is 2.10. The van der Waals surface area contributed by atoms with Gasteiger partial charge in [0.05, 0.1) is 5.69 Å². The molecule has 4 heteroatoms. The van der Waals surface area contributed by atoms with Crippen molar-refractivity contribution in [1.82, 2.24) is 20.1 Å². The molecule has 1 atom stereocenters. The summed E-state index contributed by atoms with van der Waals surface area (Å²) in [5.41, 5.74) is 2.23. The molecule has 90 valence electrons. The largest absolute Gasteiger partial charge is 0.316 e. The fourth-order valence-corrected chi connectivity index (χ4v) is 1.87. The minimum atomic E-state index is 0.375. The van der Waals surface area contributed by atoms with Gasteiger partial charge in [-0.15, -0.1) is 0 Å². The molecule has 1 unspecified atom stereocenters. The molecule has 0 fully saturated rings. The lowest BCUT2D eigenvalue weighted by molar-refractivity contribution is 0.540. The molecular formula is C13H18N4. The molecule has 2 aromatic heterocycles. The van der Waals surface area contributed by atoms with Crippen LogP contribution >= 0.6 is 0 Å². The molecule has 0 spiro atoms. The second-order valence-corrected chi connectivity index (χ2v) is 4.20. The zero-order valence-electron chi connectivity index (χ0n) is 10.3. The maximum Gasteiger partial charge on any atom is 0.0640 e. The predicted molar refractivity (Wildman–Crippen MR) is 67.7 cm³/mol. The van der Waals surface area contributed by atoms with Crippen molar-refractivity contribution >= 4 is 0 Å². The molecule has 0 saturated carbocycles. The summed E-state index contributed by atoms with van der Waals surface area (Å²) in [5.74, 6) is 0. The molecule has 2 aromatic rings. The first-order chi connectivity index (χ1) is 8.28. The summed E-state index contributed by atoms with van der Waals surface area (Å²) in [4.78, 5) is 4.35. The average Bonchev–Trinajstić information content (AvgIpc) is 2.75. The number of nitrogens with zero attached hydrogens (tertiary/aromatic N) is 3. The van der Waals surface area contributed by atoms with E-state index in [-0.39, 0.29) is 0 Å². The van der Waals surface area contributed by atoms with Crippen LogP contribution in [0.5, 0.6) is 0 Å². The number of rotatable bonds is 5. The first-order valence-electron chi connectivity index (χ1n) is 5.83. The van der Waals surface area contributed by atoms with Gasteiger partial charge < -0.3 is 5.32 Å².